The van der Waals surface area contributed by atoms with Gasteiger partial charge in [0.05, 0.1) is 0 Å². The molecule has 8 heavy (non-hydrogen) atoms. The molecule has 1 aromatic rings. The minimum absolute atomic E-state index is 0.124. The van der Waals surface area contributed by atoms with Gasteiger partial charge in [-0.3, -0.25) is 0 Å². The Labute approximate surface area is 59.5 Å². The Morgan fingerprint density at radius 1 is 1.75 bits per heavy atom. The first-order chi connectivity index (χ1) is 3.93. The number of rotatable bonds is 2. The molecule has 0 fully saturated rings. The summed E-state index contributed by atoms with van der Waals surface area (Å²) >= 11 is 0.124. The van der Waals surface area contributed by atoms with Gasteiger partial charge in [-0.1, -0.05) is 0 Å². The molecule has 0 bridgehead atoms. The molecule has 1 heteroatoms. The van der Waals surface area contributed by atoms with Crippen molar-refractivity contribution in [2.75, 3.05) is 0 Å². The number of allylic oxidation sites excluding steroid dienone is 1. The van der Waals surface area contributed by atoms with Crippen LogP contribution in [-0.4, -0.2) is 20.4 Å². The second-order valence-corrected chi connectivity index (χ2v) is 4.52. The summed E-state index contributed by atoms with van der Waals surface area (Å²) in [5, 5.41) is 0. The van der Waals surface area contributed by atoms with E-state index in [0.29, 0.717) is 0 Å². The van der Waals surface area contributed by atoms with Gasteiger partial charge in [0, 0.05) is 0 Å². The molecule has 0 aliphatic rings. The van der Waals surface area contributed by atoms with E-state index in [0.717, 1.165) is 6.42 Å². The van der Waals surface area contributed by atoms with Crippen molar-refractivity contribution in [3.8, 4) is 0 Å². The van der Waals surface area contributed by atoms with Crippen LogP contribution in [0.4, 0.5) is 0 Å². The van der Waals surface area contributed by atoms with E-state index in [4.69, 9.17) is 0 Å². The molecule has 42 valence electrons. The molecule has 0 amide bonds. The molecule has 0 saturated carbocycles. The number of hydrogen-bond acceptors (Lipinski definition) is 0. The summed E-state index contributed by atoms with van der Waals surface area (Å²) in [5.74, 6) is 0. The van der Waals surface area contributed by atoms with Crippen LogP contribution in [0.1, 0.15) is 3.58 Å². The van der Waals surface area contributed by atoms with Crippen LogP contribution in [0.3, 0.4) is 0 Å². The average Bonchev–Trinajstić information content (AvgIpc) is 2.19. The van der Waals surface area contributed by atoms with E-state index in [1.54, 1.807) is 3.58 Å². The molecular weight excluding hydrogens is 212 g/mol. The van der Waals surface area contributed by atoms with Crippen LogP contribution < -0.4 is 0 Å². The Morgan fingerprint density at radius 3 is 3.12 bits per heavy atom. The Hall–Kier alpha value is 0.00961. The van der Waals surface area contributed by atoms with Gasteiger partial charge in [0.2, 0.25) is 0 Å². The predicted octanol–water partition coefficient (Wildman–Crippen LogP) is 1.47. The van der Waals surface area contributed by atoms with Crippen molar-refractivity contribution in [1.82, 2.24) is 0 Å². The maximum atomic E-state index is 3.68. The fourth-order valence-electron chi connectivity index (χ4n) is 0.571. The summed E-state index contributed by atoms with van der Waals surface area (Å²) in [6.07, 6.45) is 3.08. The Morgan fingerprint density at radius 2 is 2.62 bits per heavy atom. The fraction of sp³-hybridized carbons (Fsp3) is 0.143. The third kappa shape index (κ3) is 1.51. The Bertz CT molecular complexity index is 151. The van der Waals surface area contributed by atoms with Crippen molar-refractivity contribution in [3.63, 3.8) is 0 Å². The van der Waals surface area contributed by atoms with Gasteiger partial charge in [-0.25, -0.2) is 0 Å². The molecule has 0 saturated heterocycles. The van der Waals surface area contributed by atoms with E-state index >= 15 is 0 Å². The van der Waals surface area contributed by atoms with E-state index in [9.17, 15) is 0 Å². The maximum absolute atomic E-state index is 3.68. The van der Waals surface area contributed by atoms with Crippen LogP contribution in [0.15, 0.2) is 28.9 Å². The summed E-state index contributed by atoms with van der Waals surface area (Å²) in [6, 6.07) is 4.37. The first-order valence-corrected chi connectivity index (χ1v) is 5.08. The van der Waals surface area contributed by atoms with Crippen molar-refractivity contribution < 1.29 is 0 Å². The third-order valence-electron chi connectivity index (χ3n) is 0.926. The van der Waals surface area contributed by atoms with Gasteiger partial charge in [-0.05, 0) is 0 Å². The van der Waals surface area contributed by atoms with Gasteiger partial charge in [0.1, 0.15) is 0 Å². The zero-order chi connectivity index (χ0) is 5.82. The molecule has 0 N–H and O–H groups in total. The molecule has 0 radical (unpaired) electrons. The van der Waals surface area contributed by atoms with Gasteiger partial charge in [-0.2, -0.15) is 0 Å². The summed E-state index contributed by atoms with van der Waals surface area (Å²) in [4.78, 5) is 0. The molecule has 0 spiro atoms. The summed E-state index contributed by atoms with van der Waals surface area (Å²) in [5.41, 5.74) is 0. The van der Waals surface area contributed by atoms with Crippen molar-refractivity contribution in [1.29, 1.82) is 0 Å². The third-order valence-corrected chi connectivity index (χ3v) is 3.49. The summed E-state index contributed by atoms with van der Waals surface area (Å²) in [6.45, 7) is 3.68. The molecule has 1 aromatic heterocycles. The minimum atomic E-state index is 0.124. The summed E-state index contributed by atoms with van der Waals surface area (Å²) < 4.78 is 3.90. The SMILES string of the molecule is C=CCc1ccc[te]1. The Kier molecular flexibility index (Phi) is 2.39. The van der Waals surface area contributed by atoms with Crippen LogP contribution in [0, 0.1) is 0 Å². The topological polar surface area (TPSA) is 0 Å². The van der Waals surface area contributed by atoms with Crippen molar-refractivity contribution in [2.45, 2.75) is 6.42 Å². The van der Waals surface area contributed by atoms with E-state index in [1.807, 2.05) is 6.08 Å². The molecule has 0 aliphatic carbocycles. The van der Waals surface area contributed by atoms with Crippen molar-refractivity contribution in [2.24, 2.45) is 0 Å². The van der Waals surface area contributed by atoms with Gasteiger partial charge in [0.15, 0.2) is 0 Å². The van der Waals surface area contributed by atoms with Crippen molar-refractivity contribution in [3.05, 3.63) is 32.4 Å². The molecule has 1 rings (SSSR count). The van der Waals surface area contributed by atoms with Crippen LogP contribution >= 0.6 is 0 Å². The predicted molar refractivity (Wildman–Crippen MR) is 37.3 cm³/mol. The van der Waals surface area contributed by atoms with E-state index in [-0.39, 0.29) is 20.4 Å². The average molecular weight is 220 g/mol. The number of hydrogen-bond donors (Lipinski definition) is 0. The zero-order valence-corrected chi connectivity index (χ0v) is 6.96. The summed E-state index contributed by atoms with van der Waals surface area (Å²) in [7, 11) is 0. The quantitative estimate of drug-likeness (QED) is 0.522. The second kappa shape index (κ2) is 3.12. The fourth-order valence-corrected chi connectivity index (χ4v) is 2.58. The van der Waals surface area contributed by atoms with Crippen LogP contribution in [0.25, 0.3) is 0 Å². The first-order valence-electron chi connectivity index (χ1n) is 2.57. The van der Waals surface area contributed by atoms with E-state index < -0.39 is 0 Å². The van der Waals surface area contributed by atoms with E-state index in [1.165, 1.54) is 0 Å². The zero-order valence-electron chi connectivity index (χ0n) is 4.63. The standard InChI is InChI=1S/C7H8Te/c1-2-4-7-5-3-6-8-7/h2-3,5-6H,1,4H2. The normalized spacial score (nSPS) is 9.00. The first kappa shape index (κ1) is 6.13. The second-order valence-electron chi connectivity index (χ2n) is 1.57. The molecular formula is C7H8Te. The molecule has 0 aliphatic heterocycles. The van der Waals surface area contributed by atoms with Gasteiger partial charge in [0.25, 0.3) is 0 Å². The van der Waals surface area contributed by atoms with Crippen molar-refractivity contribution >= 4 is 20.4 Å². The van der Waals surface area contributed by atoms with Crippen LogP contribution in [0.5, 0.6) is 0 Å². The van der Waals surface area contributed by atoms with Gasteiger partial charge in [-0.15, -0.1) is 0 Å². The molecule has 0 aromatic carbocycles. The monoisotopic (exact) mass is 222 g/mol. The Balaban J connectivity index is 2.62. The molecule has 1 heterocycles. The van der Waals surface area contributed by atoms with Gasteiger partial charge < -0.3 is 0 Å². The van der Waals surface area contributed by atoms with E-state index in [2.05, 4.69) is 22.8 Å². The van der Waals surface area contributed by atoms with Crippen LogP contribution in [-0.2, 0) is 6.42 Å². The van der Waals surface area contributed by atoms with Crippen LogP contribution in [0.2, 0.25) is 0 Å². The molecule has 0 unspecified atom stereocenters. The van der Waals surface area contributed by atoms with Gasteiger partial charge >= 0.3 is 59.3 Å². The molecule has 0 atom stereocenters. The molecule has 0 nitrogen and oxygen atoms in total.